The molecule has 0 aromatic carbocycles. The molecule has 1 unspecified atom stereocenters. The lowest BCUT2D eigenvalue weighted by Crippen LogP contribution is -2.20. The molecule has 1 heterocycles. The third-order valence-electron chi connectivity index (χ3n) is 4.17. The van der Waals surface area contributed by atoms with Gasteiger partial charge in [-0.25, -0.2) is 4.98 Å². The fraction of sp³-hybridized carbons (Fsp3) is 0.833. The highest BCUT2D eigenvalue weighted by molar-refractivity contribution is 5.28. The fourth-order valence-electron chi connectivity index (χ4n) is 2.94. The van der Waals surface area contributed by atoms with Crippen molar-refractivity contribution < 1.29 is 0 Å². The quantitative estimate of drug-likeness (QED) is 0.711. The first-order valence-electron chi connectivity index (χ1n) is 8.24. The predicted octanol–water partition coefficient (Wildman–Crippen LogP) is 5.69. The SMILES string of the molecule is CCCC(C)c1[nH]c(C(C)(C)C)nc1C(C)(C)CCC. The maximum atomic E-state index is 5.02. The fourth-order valence-corrected chi connectivity index (χ4v) is 2.94. The summed E-state index contributed by atoms with van der Waals surface area (Å²) in [6.45, 7) is 18.2. The Kier molecular flexibility index (Phi) is 5.46. The number of aromatic amines is 1. The maximum Gasteiger partial charge on any atom is 0.112 e. The second-order valence-corrected chi connectivity index (χ2v) is 7.92. The van der Waals surface area contributed by atoms with Crippen LogP contribution in [0.4, 0.5) is 0 Å². The van der Waals surface area contributed by atoms with E-state index in [1.54, 1.807) is 0 Å². The lowest BCUT2D eigenvalue weighted by Gasteiger charge is -2.25. The van der Waals surface area contributed by atoms with Crippen LogP contribution in [0.5, 0.6) is 0 Å². The minimum Gasteiger partial charge on any atom is -0.345 e. The van der Waals surface area contributed by atoms with Gasteiger partial charge in [0, 0.05) is 16.5 Å². The molecule has 116 valence electrons. The zero-order valence-corrected chi connectivity index (χ0v) is 14.9. The Morgan fingerprint density at radius 1 is 1.05 bits per heavy atom. The van der Waals surface area contributed by atoms with Crippen LogP contribution in [0, 0.1) is 0 Å². The van der Waals surface area contributed by atoms with E-state index in [2.05, 4.69) is 60.4 Å². The molecule has 1 aromatic rings. The Morgan fingerprint density at radius 3 is 2.10 bits per heavy atom. The van der Waals surface area contributed by atoms with Crippen molar-refractivity contribution in [2.75, 3.05) is 0 Å². The first-order valence-corrected chi connectivity index (χ1v) is 8.24. The number of imidazole rings is 1. The summed E-state index contributed by atoms with van der Waals surface area (Å²) in [5.74, 6) is 1.70. The molecule has 20 heavy (non-hydrogen) atoms. The number of hydrogen-bond acceptors (Lipinski definition) is 1. The van der Waals surface area contributed by atoms with Crippen LogP contribution in [0.25, 0.3) is 0 Å². The first kappa shape index (κ1) is 17.3. The summed E-state index contributed by atoms with van der Waals surface area (Å²) in [6, 6.07) is 0. The van der Waals surface area contributed by atoms with Gasteiger partial charge in [0.2, 0.25) is 0 Å². The Balaban J connectivity index is 3.29. The molecular formula is C18H34N2. The minimum atomic E-state index is 0.0846. The van der Waals surface area contributed by atoms with Crippen LogP contribution in [0.15, 0.2) is 0 Å². The van der Waals surface area contributed by atoms with Gasteiger partial charge in [-0.1, -0.05) is 68.2 Å². The molecule has 1 N–H and O–H groups in total. The van der Waals surface area contributed by atoms with E-state index in [4.69, 9.17) is 4.98 Å². The van der Waals surface area contributed by atoms with E-state index in [9.17, 15) is 0 Å². The molecule has 0 saturated carbocycles. The van der Waals surface area contributed by atoms with Crippen LogP contribution in [0.2, 0.25) is 0 Å². The molecule has 0 amide bonds. The molecule has 1 atom stereocenters. The summed E-state index contributed by atoms with van der Waals surface area (Å²) in [6.07, 6.45) is 4.83. The summed E-state index contributed by atoms with van der Waals surface area (Å²) in [4.78, 5) is 8.68. The highest BCUT2D eigenvalue weighted by Gasteiger charge is 2.31. The summed E-state index contributed by atoms with van der Waals surface area (Å²) in [7, 11) is 0. The molecule has 2 heteroatoms. The zero-order valence-electron chi connectivity index (χ0n) is 14.9. The van der Waals surface area contributed by atoms with Crippen molar-refractivity contribution in [1.82, 2.24) is 9.97 Å². The smallest absolute Gasteiger partial charge is 0.112 e. The molecule has 0 aliphatic heterocycles. The molecule has 2 nitrogen and oxygen atoms in total. The van der Waals surface area contributed by atoms with E-state index >= 15 is 0 Å². The van der Waals surface area contributed by atoms with Gasteiger partial charge in [0.1, 0.15) is 5.82 Å². The zero-order chi connectivity index (χ0) is 15.6. The third kappa shape index (κ3) is 3.86. The first-order chi connectivity index (χ1) is 9.13. The molecule has 0 bridgehead atoms. The molecule has 0 aliphatic rings. The molecular weight excluding hydrogens is 244 g/mol. The summed E-state index contributed by atoms with van der Waals surface area (Å²) in [5.41, 5.74) is 2.91. The molecule has 0 fully saturated rings. The molecule has 0 aliphatic carbocycles. The van der Waals surface area contributed by atoms with Gasteiger partial charge in [-0.05, 0) is 18.8 Å². The predicted molar refractivity (Wildman–Crippen MR) is 88.5 cm³/mol. The second-order valence-electron chi connectivity index (χ2n) is 7.92. The summed E-state index contributed by atoms with van der Waals surface area (Å²) >= 11 is 0. The van der Waals surface area contributed by atoms with E-state index < -0.39 is 0 Å². The van der Waals surface area contributed by atoms with Gasteiger partial charge >= 0.3 is 0 Å². The molecule has 1 aromatic heterocycles. The van der Waals surface area contributed by atoms with Gasteiger partial charge < -0.3 is 4.98 Å². The second kappa shape index (κ2) is 6.32. The third-order valence-corrected chi connectivity index (χ3v) is 4.17. The summed E-state index contributed by atoms with van der Waals surface area (Å²) < 4.78 is 0. The number of rotatable bonds is 6. The Morgan fingerprint density at radius 2 is 1.65 bits per heavy atom. The van der Waals surface area contributed by atoms with Crippen LogP contribution in [0.3, 0.4) is 0 Å². The van der Waals surface area contributed by atoms with Gasteiger partial charge in [0.25, 0.3) is 0 Å². The average molecular weight is 278 g/mol. The number of nitrogens with one attached hydrogen (secondary N) is 1. The molecule has 0 spiro atoms. The lowest BCUT2D eigenvalue weighted by atomic mass is 9.81. The van der Waals surface area contributed by atoms with E-state index in [-0.39, 0.29) is 10.8 Å². The van der Waals surface area contributed by atoms with Gasteiger partial charge in [-0.2, -0.15) is 0 Å². The van der Waals surface area contributed by atoms with Gasteiger partial charge in [-0.15, -0.1) is 0 Å². The number of aromatic nitrogens is 2. The van der Waals surface area contributed by atoms with Crippen LogP contribution >= 0.6 is 0 Å². The van der Waals surface area contributed by atoms with Crippen molar-refractivity contribution in [3.8, 4) is 0 Å². The van der Waals surface area contributed by atoms with Crippen molar-refractivity contribution in [1.29, 1.82) is 0 Å². The Bertz CT molecular complexity index is 421. The average Bonchev–Trinajstić information content (AvgIpc) is 2.74. The molecule has 0 radical (unpaired) electrons. The minimum absolute atomic E-state index is 0.0846. The molecule has 1 rings (SSSR count). The van der Waals surface area contributed by atoms with E-state index in [1.165, 1.54) is 37.1 Å². The van der Waals surface area contributed by atoms with Crippen molar-refractivity contribution in [2.45, 2.75) is 97.8 Å². The standard InChI is InChI=1S/C18H34N2/c1-9-11-13(3)14-15(18(7,8)12-10-2)20-16(19-14)17(4,5)6/h13H,9-12H2,1-8H3,(H,19,20). The van der Waals surface area contributed by atoms with Crippen molar-refractivity contribution >= 4 is 0 Å². The van der Waals surface area contributed by atoms with Crippen molar-refractivity contribution in [3.05, 3.63) is 17.2 Å². The van der Waals surface area contributed by atoms with Gasteiger partial charge in [0.15, 0.2) is 0 Å². The summed E-state index contributed by atoms with van der Waals surface area (Å²) in [5, 5.41) is 0. The van der Waals surface area contributed by atoms with E-state index in [0.29, 0.717) is 5.92 Å². The highest BCUT2D eigenvalue weighted by Crippen LogP contribution is 2.36. The Labute approximate surface area is 125 Å². The van der Waals surface area contributed by atoms with Crippen molar-refractivity contribution in [3.63, 3.8) is 0 Å². The van der Waals surface area contributed by atoms with Gasteiger partial charge in [-0.3, -0.25) is 0 Å². The number of hydrogen-bond donors (Lipinski definition) is 1. The topological polar surface area (TPSA) is 28.7 Å². The Hall–Kier alpha value is -0.790. The highest BCUT2D eigenvalue weighted by atomic mass is 15.0. The van der Waals surface area contributed by atoms with Crippen LogP contribution in [-0.2, 0) is 10.8 Å². The molecule has 0 saturated heterocycles. The van der Waals surface area contributed by atoms with E-state index in [1.807, 2.05) is 0 Å². The lowest BCUT2D eigenvalue weighted by molar-refractivity contribution is 0.449. The van der Waals surface area contributed by atoms with Gasteiger partial charge in [0.05, 0.1) is 5.69 Å². The number of nitrogens with zero attached hydrogens (tertiary/aromatic N) is 1. The number of H-pyrrole nitrogens is 1. The van der Waals surface area contributed by atoms with E-state index in [0.717, 1.165) is 5.82 Å². The van der Waals surface area contributed by atoms with Crippen LogP contribution in [-0.4, -0.2) is 9.97 Å². The van der Waals surface area contributed by atoms with Crippen LogP contribution in [0.1, 0.15) is 104 Å². The monoisotopic (exact) mass is 278 g/mol. The largest absolute Gasteiger partial charge is 0.345 e. The maximum absolute atomic E-state index is 5.02. The van der Waals surface area contributed by atoms with Crippen LogP contribution < -0.4 is 0 Å². The normalized spacial score (nSPS) is 14.6. The van der Waals surface area contributed by atoms with Crippen molar-refractivity contribution in [2.24, 2.45) is 0 Å².